The van der Waals surface area contributed by atoms with Crippen molar-refractivity contribution >= 4 is 11.4 Å². The average Bonchev–Trinajstić information content (AvgIpc) is 3.18. The fraction of sp³-hybridized carbons (Fsp3) is 0.160. The first-order chi connectivity index (χ1) is 25.6. The van der Waals surface area contributed by atoms with Crippen LogP contribution in [0.15, 0.2) is 187 Å². The molecule has 0 saturated heterocycles. The van der Waals surface area contributed by atoms with Gasteiger partial charge in [0.05, 0.1) is 5.71 Å². The van der Waals surface area contributed by atoms with Gasteiger partial charge in [-0.2, -0.15) is 73.9 Å². The van der Waals surface area contributed by atoms with E-state index in [1.54, 1.807) is 7.05 Å². The van der Waals surface area contributed by atoms with Crippen LogP contribution in [0.4, 0.5) is 5.69 Å². The van der Waals surface area contributed by atoms with Crippen LogP contribution >= 0.6 is 0 Å². The minimum atomic E-state index is -0.297. The van der Waals surface area contributed by atoms with Crippen molar-refractivity contribution in [1.82, 2.24) is 0 Å². The molecule has 1 unspecified atom stereocenters. The van der Waals surface area contributed by atoms with Crippen molar-refractivity contribution in [2.75, 3.05) is 7.05 Å². The summed E-state index contributed by atoms with van der Waals surface area (Å²) in [4.78, 5) is 4.49. The minimum absolute atomic E-state index is 0. The third-order valence-electron chi connectivity index (χ3n) is 8.17. The second-order valence-electron chi connectivity index (χ2n) is 13.1. The monoisotopic (exact) mass is 877 g/mol. The predicted octanol–water partition coefficient (Wildman–Crippen LogP) is 13.2. The van der Waals surface area contributed by atoms with Gasteiger partial charge in [-0.15, -0.1) is 42.1 Å². The number of hydrogen-bond acceptors (Lipinski definition) is 2. The molecule has 3 nitrogen and oxygen atoms in total. The zero-order valence-corrected chi connectivity index (χ0v) is 36.2. The third-order valence-corrected chi connectivity index (χ3v) is 8.17. The number of para-hydroxylation sites is 1. The van der Waals surface area contributed by atoms with Gasteiger partial charge in [0.1, 0.15) is 0 Å². The Morgan fingerprint density at radius 1 is 0.537 bits per heavy atom. The summed E-state index contributed by atoms with van der Waals surface area (Å²) in [5.74, 6) is 0.734. The summed E-state index contributed by atoms with van der Waals surface area (Å²) in [6.45, 7) is 20.0. The van der Waals surface area contributed by atoms with Crippen molar-refractivity contribution in [2.45, 2.75) is 45.6 Å². The smallest absolute Gasteiger partial charge is 0.673 e. The third kappa shape index (κ3) is 15.8. The maximum atomic E-state index is 6.75. The minimum Gasteiger partial charge on any atom is -0.673 e. The van der Waals surface area contributed by atoms with Crippen molar-refractivity contribution in [1.29, 1.82) is 0 Å². The van der Waals surface area contributed by atoms with Crippen LogP contribution in [0.25, 0.3) is 5.32 Å². The van der Waals surface area contributed by atoms with Crippen LogP contribution in [0.5, 0.6) is 0 Å². The Labute approximate surface area is 345 Å². The Bertz CT molecular complexity index is 1810. The molecule has 0 amide bonds. The molecule has 0 aliphatic heterocycles. The van der Waals surface area contributed by atoms with E-state index in [-0.39, 0.29) is 31.9 Å². The summed E-state index contributed by atoms with van der Waals surface area (Å²) in [7, 11) is 1.80. The predicted molar refractivity (Wildman–Crippen MR) is 231 cm³/mol. The van der Waals surface area contributed by atoms with E-state index in [4.69, 9.17) is 11.1 Å². The number of benzene rings is 6. The van der Waals surface area contributed by atoms with Gasteiger partial charge in [0, 0.05) is 7.05 Å². The molecule has 0 spiro atoms. The number of nitrogens with zero attached hydrogens (tertiary/aromatic N) is 2. The van der Waals surface area contributed by atoms with E-state index in [1.165, 1.54) is 11.1 Å². The van der Waals surface area contributed by atoms with Crippen LogP contribution in [0.2, 0.25) is 0 Å². The van der Waals surface area contributed by atoms with Crippen molar-refractivity contribution in [3.63, 3.8) is 0 Å². The number of allylic oxidation sites excluding steroid dienone is 1. The number of rotatable bonds is 8. The summed E-state index contributed by atoms with van der Waals surface area (Å²) in [6, 6.07) is 56.2. The summed E-state index contributed by atoms with van der Waals surface area (Å²) in [5, 5.41) is 5.30. The zero-order chi connectivity index (χ0) is 38.4. The van der Waals surface area contributed by atoms with E-state index in [0.29, 0.717) is 17.5 Å². The summed E-state index contributed by atoms with van der Waals surface area (Å²) >= 11 is 0. The molecule has 54 heavy (non-hydrogen) atoms. The molecule has 0 aromatic heterocycles. The second-order valence-corrected chi connectivity index (χ2v) is 13.1. The van der Waals surface area contributed by atoms with Crippen molar-refractivity contribution in [2.24, 2.45) is 10.7 Å². The standard InChI is InChI=1S/C29H34N3.3C7H7.Hf/c1-20(2)24-17-12-18-25(21(3)4)29(24)32-28(23-15-10-7-11-16-23)26(30)19-27(31-5)22-13-8-6-9-14-22;3*1-7-5-3-2-4-6-7;/h6-21,28H,30H2,1-5H3;3*2-6H,1H2;/q4*-1;+4/b26-19-,31-27?;;;;. The Balaban J connectivity index is 0.000000365. The van der Waals surface area contributed by atoms with Gasteiger partial charge in [0.15, 0.2) is 0 Å². The largest absolute Gasteiger partial charge is 4.00 e. The Morgan fingerprint density at radius 3 is 1.20 bits per heavy atom. The molecule has 6 aromatic carbocycles. The molecule has 0 radical (unpaired) electrons. The van der Waals surface area contributed by atoms with Gasteiger partial charge in [-0.3, -0.25) is 4.99 Å². The molecule has 0 aliphatic carbocycles. The fourth-order valence-corrected chi connectivity index (χ4v) is 5.32. The van der Waals surface area contributed by atoms with Crippen LogP contribution in [0.1, 0.15) is 84.5 Å². The molecular formula is C50H55HfN3. The van der Waals surface area contributed by atoms with Gasteiger partial charge in [-0.1, -0.05) is 147 Å². The second kappa shape index (κ2) is 24.9. The molecule has 1 atom stereocenters. The molecule has 6 aromatic rings. The number of nitrogens with two attached hydrogens (primary N) is 1. The van der Waals surface area contributed by atoms with E-state index in [1.807, 2.05) is 146 Å². The summed E-state index contributed by atoms with van der Waals surface area (Å²) < 4.78 is 0. The molecule has 0 saturated carbocycles. The fourth-order valence-electron chi connectivity index (χ4n) is 5.32. The molecule has 2 N–H and O–H groups in total. The molecule has 274 valence electrons. The molecular weight excluding hydrogens is 821 g/mol. The van der Waals surface area contributed by atoms with E-state index in [0.717, 1.165) is 39.2 Å². The molecule has 0 fully saturated rings. The maximum absolute atomic E-state index is 6.75. The first kappa shape index (κ1) is 45.0. The van der Waals surface area contributed by atoms with E-state index < -0.39 is 0 Å². The van der Waals surface area contributed by atoms with Gasteiger partial charge < -0.3 is 11.1 Å². The molecule has 0 heterocycles. The normalized spacial score (nSPS) is 11.3. The first-order valence-electron chi connectivity index (χ1n) is 18.1. The molecule has 6 rings (SSSR count). The van der Waals surface area contributed by atoms with E-state index in [2.05, 4.69) is 83.8 Å². The topological polar surface area (TPSA) is 52.5 Å². The quantitative estimate of drug-likeness (QED) is 0.0924. The van der Waals surface area contributed by atoms with Crippen molar-refractivity contribution < 1.29 is 25.8 Å². The Morgan fingerprint density at radius 2 is 0.889 bits per heavy atom. The number of hydrogen-bond donors (Lipinski definition) is 1. The van der Waals surface area contributed by atoms with Crippen LogP contribution < -0.4 is 5.73 Å². The Hall–Kier alpha value is -5.19. The van der Waals surface area contributed by atoms with E-state index in [9.17, 15) is 0 Å². The van der Waals surface area contributed by atoms with Gasteiger partial charge in [0.25, 0.3) is 0 Å². The zero-order valence-electron chi connectivity index (χ0n) is 32.6. The van der Waals surface area contributed by atoms with Gasteiger partial charge >= 0.3 is 25.8 Å². The molecule has 0 bridgehead atoms. The van der Waals surface area contributed by atoms with E-state index >= 15 is 0 Å². The molecule has 4 heteroatoms. The van der Waals surface area contributed by atoms with Crippen molar-refractivity contribution in [3.8, 4) is 0 Å². The van der Waals surface area contributed by atoms with Gasteiger partial charge in [0.2, 0.25) is 0 Å². The summed E-state index contributed by atoms with van der Waals surface area (Å²) in [5.41, 5.74) is 17.1. The first-order valence-corrected chi connectivity index (χ1v) is 18.1. The average molecular weight is 877 g/mol. The number of aliphatic imine (C=N–C) groups is 1. The van der Waals surface area contributed by atoms with Gasteiger partial charge in [-0.25, -0.2) is 0 Å². The molecule has 0 aliphatic rings. The van der Waals surface area contributed by atoms with Crippen LogP contribution in [0.3, 0.4) is 0 Å². The summed E-state index contributed by atoms with van der Waals surface area (Å²) in [6.07, 6.45) is 1.96. The van der Waals surface area contributed by atoms with Crippen LogP contribution in [-0.2, 0) is 25.8 Å². The van der Waals surface area contributed by atoms with Gasteiger partial charge in [-0.05, 0) is 29.2 Å². The maximum Gasteiger partial charge on any atom is 4.00 e. The SMILES string of the molecule is CN=C(/C=C(\N)C([N-]c1c(C(C)C)cccc1C(C)C)c1ccccc1)c1ccccc1.[CH2-]c1ccccc1.[CH2-]c1ccccc1.[CH2-]c1ccccc1.[Hf+4]. The Kier molecular flexibility index (Phi) is 20.8. The van der Waals surface area contributed by atoms with Crippen LogP contribution in [0, 0.1) is 20.8 Å². The van der Waals surface area contributed by atoms with Crippen LogP contribution in [-0.4, -0.2) is 12.8 Å². The van der Waals surface area contributed by atoms with Crippen molar-refractivity contribution in [3.05, 3.63) is 247 Å².